The smallest absolute Gasteiger partial charge is 0.307 e. The van der Waals surface area contributed by atoms with E-state index < -0.39 is 5.97 Å². The van der Waals surface area contributed by atoms with Crippen LogP contribution in [0, 0.1) is 5.92 Å². The van der Waals surface area contributed by atoms with Crippen molar-refractivity contribution >= 4 is 16.9 Å². The van der Waals surface area contributed by atoms with Gasteiger partial charge >= 0.3 is 5.97 Å². The summed E-state index contributed by atoms with van der Waals surface area (Å²) in [6, 6.07) is 10.6. The zero-order valence-electron chi connectivity index (χ0n) is 14.3. The molecule has 0 radical (unpaired) electrons. The maximum absolute atomic E-state index is 11.4. The highest BCUT2D eigenvalue weighted by Crippen LogP contribution is 2.34. The lowest BCUT2D eigenvalue weighted by Crippen LogP contribution is -2.41. The molecular weight excluding hydrogens is 300 g/mol. The number of hydrogen-bond donors (Lipinski definition) is 1. The molecule has 24 heavy (non-hydrogen) atoms. The molecule has 1 aromatic carbocycles. The third-order valence-electron chi connectivity index (χ3n) is 5.12. The van der Waals surface area contributed by atoms with E-state index in [1.165, 1.54) is 10.9 Å². The lowest BCUT2D eigenvalue weighted by Gasteiger charge is -2.37. The van der Waals surface area contributed by atoms with Crippen LogP contribution in [0.4, 0.5) is 0 Å². The van der Waals surface area contributed by atoms with Crippen LogP contribution in [0.25, 0.3) is 10.9 Å². The first-order valence-corrected chi connectivity index (χ1v) is 9.01. The number of aromatic nitrogens is 1. The topological polar surface area (TPSA) is 53.4 Å². The van der Waals surface area contributed by atoms with Gasteiger partial charge in [0.25, 0.3) is 0 Å². The number of likely N-dealkylation sites (tertiary alicyclic amines) is 1. The van der Waals surface area contributed by atoms with Crippen LogP contribution in [0.2, 0.25) is 0 Å². The number of hydrogen-bond acceptors (Lipinski definition) is 3. The molecule has 2 aromatic rings. The van der Waals surface area contributed by atoms with E-state index in [-0.39, 0.29) is 12.0 Å². The van der Waals surface area contributed by atoms with Gasteiger partial charge in [-0.15, -0.1) is 0 Å². The van der Waals surface area contributed by atoms with Gasteiger partial charge in [0.1, 0.15) is 0 Å². The number of carboxylic acid groups (broad SMARTS) is 1. The summed E-state index contributed by atoms with van der Waals surface area (Å²) in [4.78, 5) is 18.3. The zero-order valence-corrected chi connectivity index (χ0v) is 14.3. The average Bonchev–Trinajstić information content (AvgIpc) is 2.62. The summed E-state index contributed by atoms with van der Waals surface area (Å²) in [7, 11) is 0. The van der Waals surface area contributed by atoms with Crippen molar-refractivity contribution in [3.05, 3.63) is 42.1 Å². The minimum Gasteiger partial charge on any atom is -0.481 e. The Morgan fingerprint density at radius 1 is 1.38 bits per heavy atom. The minimum absolute atomic E-state index is 0.240. The van der Waals surface area contributed by atoms with Crippen LogP contribution in [-0.4, -0.2) is 34.0 Å². The number of unbranched alkanes of at least 4 members (excludes halogenated alkanes) is 1. The zero-order chi connectivity index (χ0) is 16.9. The van der Waals surface area contributed by atoms with E-state index in [2.05, 4.69) is 35.0 Å². The van der Waals surface area contributed by atoms with Gasteiger partial charge in [0.2, 0.25) is 0 Å². The Bertz CT molecular complexity index is 696. The number of nitrogens with zero attached hydrogens (tertiary/aromatic N) is 2. The molecule has 2 unspecified atom stereocenters. The summed E-state index contributed by atoms with van der Waals surface area (Å²) in [6.45, 7) is 3.84. The normalized spacial score (nSPS) is 20.1. The Labute approximate surface area is 143 Å². The highest BCUT2D eigenvalue weighted by molar-refractivity contribution is 5.82. The van der Waals surface area contributed by atoms with Crippen molar-refractivity contribution in [1.82, 2.24) is 9.88 Å². The molecule has 0 saturated carbocycles. The van der Waals surface area contributed by atoms with E-state index in [1.54, 1.807) is 0 Å². The van der Waals surface area contributed by atoms with E-state index in [0.717, 1.165) is 44.2 Å². The van der Waals surface area contributed by atoms with Crippen LogP contribution in [0.5, 0.6) is 0 Å². The van der Waals surface area contributed by atoms with E-state index in [4.69, 9.17) is 0 Å². The third kappa shape index (κ3) is 3.59. The fraction of sp³-hybridized carbons (Fsp3) is 0.500. The molecule has 0 bridgehead atoms. The summed E-state index contributed by atoms with van der Waals surface area (Å²) in [6.07, 6.45) is 7.00. The molecule has 1 aliphatic heterocycles. The summed E-state index contributed by atoms with van der Waals surface area (Å²) in [5.74, 6) is -0.899. The van der Waals surface area contributed by atoms with Gasteiger partial charge in [-0.3, -0.25) is 14.7 Å². The van der Waals surface area contributed by atoms with Crippen LogP contribution in [0.1, 0.15) is 50.6 Å². The van der Waals surface area contributed by atoms with Crippen LogP contribution >= 0.6 is 0 Å². The van der Waals surface area contributed by atoms with E-state index in [9.17, 15) is 9.90 Å². The highest BCUT2D eigenvalue weighted by Gasteiger charge is 2.30. The molecule has 1 aromatic heterocycles. The molecule has 2 heterocycles. The second kappa shape index (κ2) is 7.75. The Hall–Kier alpha value is -1.94. The van der Waals surface area contributed by atoms with E-state index >= 15 is 0 Å². The molecule has 0 spiro atoms. The van der Waals surface area contributed by atoms with Crippen molar-refractivity contribution in [2.24, 2.45) is 5.92 Å². The second-order valence-corrected chi connectivity index (χ2v) is 6.75. The quantitative estimate of drug-likeness (QED) is 0.861. The number of carboxylic acids is 1. The van der Waals surface area contributed by atoms with Gasteiger partial charge in [-0.25, -0.2) is 0 Å². The molecule has 128 valence electrons. The van der Waals surface area contributed by atoms with Crippen LogP contribution in [-0.2, 0) is 4.79 Å². The van der Waals surface area contributed by atoms with Crippen molar-refractivity contribution in [3.8, 4) is 0 Å². The number of rotatable bonds is 6. The molecule has 2 atom stereocenters. The van der Waals surface area contributed by atoms with Crippen LogP contribution < -0.4 is 0 Å². The maximum Gasteiger partial charge on any atom is 0.307 e. The minimum atomic E-state index is -0.659. The van der Waals surface area contributed by atoms with Crippen molar-refractivity contribution in [2.45, 2.75) is 45.1 Å². The first-order chi connectivity index (χ1) is 11.7. The van der Waals surface area contributed by atoms with Gasteiger partial charge in [-0.1, -0.05) is 38.0 Å². The summed E-state index contributed by atoms with van der Waals surface area (Å²) in [5, 5.41) is 10.6. The van der Waals surface area contributed by atoms with Gasteiger partial charge < -0.3 is 5.11 Å². The largest absolute Gasteiger partial charge is 0.481 e. The van der Waals surface area contributed by atoms with Gasteiger partial charge in [0.05, 0.1) is 11.4 Å². The number of carbonyl (C=O) groups is 1. The monoisotopic (exact) mass is 326 g/mol. The predicted octanol–water partition coefficient (Wildman–Crippen LogP) is 4.26. The van der Waals surface area contributed by atoms with Gasteiger partial charge in [-0.05, 0) is 43.5 Å². The Morgan fingerprint density at radius 3 is 3.00 bits per heavy atom. The fourth-order valence-electron chi connectivity index (χ4n) is 3.83. The van der Waals surface area contributed by atoms with Crippen molar-refractivity contribution in [3.63, 3.8) is 0 Å². The molecule has 1 aliphatic rings. The lowest BCUT2D eigenvalue weighted by molar-refractivity contribution is -0.144. The predicted molar refractivity (Wildman–Crippen MR) is 95.9 cm³/mol. The van der Waals surface area contributed by atoms with E-state index in [1.807, 2.05) is 18.3 Å². The number of aliphatic carboxylic acids is 1. The number of piperidine rings is 1. The fourth-order valence-corrected chi connectivity index (χ4v) is 3.83. The lowest BCUT2D eigenvalue weighted by atomic mass is 9.91. The first kappa shape index (κ1) is 16.9. The molecular formula is C20H26N2O2. The molecule has 4 heteroatoms. The van der Waals surface area contributed by atoms with Crippen molar-refractivity contribution in [2.75, 3.05) is 13.1 Å². The van der Waals surface area contributed by atoms with Crippen LogP contribution in [0.15, 0.2) is 36.5 Å². The Morgan fingerprint density at radius 2 is 2.21 bits per heavy atom. The number of para-hydroxylation sites is 1. The molecule has 0 aliphatic carbocycles. The molecule has 0 amide bonds. The van der Waals surface area contributed by atoms with Gasteiger partial charge in [0.15, 0.2) is 0 Å². The number of fused-ring (bicyclic) bond motifs is 1. The third-order valence-corrected chi connectivity index (χ3v) is 5.12. The second-order valence-electron chi connectivity index (χ2n) is 6.75. The van der Waals surface area contributed by atoms with Gasteiger partial charge in [-0.2, -0.15) is 0 Å². The standard InChI is InChI=1S/C20H26N2O2/c1-2-3-10-19(22-13-6-7-15(14-22)20(23)24)17-11-12-21-18-9-5-4-8-16(17)18/h4-5,8-9,11-12,15,19H,2-3,6-7,10,13-14H2,1H3,(H,23,24). The Balaban J connectivity index is 1.94. The molecule has 1 N–H and O–H groups in total. The molecule has 1 fully saturated rings. The summed E-state index contributed by atoms with van der Waals surface area (Å²) in [5.41, 5.74) is 2.31. The van der Waals surface area contributed by atoms with Crippen molar-refractivity contribution < 1.29 is 9.90 Å². The van der Waals surface area contributed by atoms with E-state index in [0.29, 0.717) is 6.54 Å². The number of benzene rings is 1. The molecule has 4 nitrogen and oxygen atoms in total. The highest BCUT2D eigenvalue weighted by atomic mass is 16.4. The molecule has 3 rings (SSSR count). The van der Waals surface area contributed by atoms with Crippen LogP contribution in [0.3, 0.4) is 0 Å². The number of pyridine rings is 1. The van der Waals surface area contributed by atoms with Crippen molar-refractivity contribution in [1.29, 1.82) is 0 Å². The van der Waals surface area contributed by atoms with Gasteiger partial charge in [0, 0.05) is 24.2 Å². The Kier molecular flexibility index (Phi) is 5.46. The molecule has 1 saturated heterocycles. The summed E-state index contributed by atoms with van der Waals surface area (Å²) < 4.78 is 0. The average molecular weight is 326 g/mol. The SMILES string of the molecule is CCCCC(c1ccnc2ccccc12)N1CCCC(C(=O)O)C1. The first-order valence-electron chi connectivity index (χ1n) is 9.01. The maximum atomic E-state index is 11.4. The summed E-state index contributed by atoms with van der Waals surface area (Å²) >= 11 is 0.